The maximum atomic E-state index is 12.0. The molecule has 1 heterocycles. The third kappa shape index (κ3) is 3.72. The molecule has 0 saturated carbocycles. The first-order valence-electron chi connectivity index (χ1n) is 5.81. The predicted octanol–water partition coefficient (Wildman–Crippen LogP) is 2.11. The summed E-state index contributed by atoms with van der Waals surface area (Å²) < 4.78 is 26.6. The van der Waals surface area contributed by atoms with E-state index in [2.05, 4.69) is 4.72 Å². The zero-order valence-electron chi connectivity index (χ0n) is 9.63. The van der Waals surface area contributed by atoms with E-state index in [0.29, 0.717) is 17.4 Å². The molecule has 5 heteroatoms. The Morgan fingerprint density at radius 1 is 1.18 bits per heavy atom. The van der Waals surface area contributed by atoms with Crippen LogP contribution < -0.4 is 4.72 Å². The van der Waals surface area contributed by atoms with Crippen molar-refractivity contribution in [3.63, 3.8) is 0 Å². The Morgan fingerprint density at radius 2 is 1.82 bits per heavy atom. The van der Waals surface area contributed by atoms with Gasteiger partial charge in [-0.05, 0) is 42.4 Å². The number of benzene rings is 1. The molecule has 94 valence electrons. The number of thioether (sulfide) groups is 1. The highest BCUT2D eigenvalue weighted by Crippen LogP contribution is 2.22. The lowest BCUT2D eigenvalue weighted by atomic mass is 10.0. The maximum absolute atomic E-state index is 12.0. The van der Waals surface area contributed by atoms with Crippen LogP contribution in [0.2, 0.25) is 0 Å². The highest BCUT2D eigenvalue weighted by Gasteiger charge is 2.18. The summed E-state index contributed by atoms with van der Waals surface area (Å²) in [5.74, 6) is 2.80. The summed E-state index contributed by atoms with van der Waals surface area (Å²) in [6.45, 7) is 0.567. The van der Waals surface area contributed by atoms with E-state index >= 15 is 0 Å². The van der Waals surface area contributed by atoms with Gasteiger partial charge in [0.15, 0.2) is 0 Å². The minimum Gasteiger partial charge on any atom is -0.211 e. The lowest BCUT2D eigenvalue weighted by molar-refractivity contribution is 0.476. The summed E-state index contributed by atoms with van der Waals surface area (Å²) in [7, 11) is -3.32. The molecule has 3 nitrogen and oxygen atoms in total. The van der Waals surface area contributed by atoms with Gasteiger partial charge in [0.1, 0.15) is 0 Å². The summed E-state index contributed by atoms with van der Waals surface area (Å²) in [5, 5.41) is 0. The first-order valence-corrected chi connectivity index (χ1v) is 8.45. The van der Waals surface area contributed by atoms with Gasteiger partial charge in [-0.2, -0.15) is 11.8 Å². The molecule has 17 heavy (non-hydrogen) atoms. The molecule has 1 fully saturated rings. The highest BCUT2D eigenvalue weighted by atomic mass is 32.2. The van der Waals surface area contributed by atoms with E-state index in [4.69, 9.17) is 0 Å². The van der Waals surface area contributed by atoms with Crippen molar-refractivity contribution < 1.29 is 8.42 Å². The number of rotatable bonds is 4. The molecule has 0 atom stereocenters. The van der Waals surface area contributed by atoms with Crippen LogP contribution in [0.3, 0.4) is 0 Å². The second-order valence-electron chi connectivity index (χ2n) is 4.22. The molecule has 1 aliphatic heterocycles. The largest absolute Gasteiger partial charge is 0.240 e. The smallest absolute Gasteiger partial charge is 0.211 e. The minimum atomic E-state index is -3.32. The fourth-order valence-electron chi connectivity index (χ4n) is 1.86. The summed E-state index contributed by atoms with van der Waals surface area (Å²) in [5.41, 5.74) is 0. The van der Waals surface area contributed by atoms with E-state index in [1.165, 1.54) is 0 Å². The van der Waals surface area contributed by atoms with Crippen LogP contribution in [0.5, 0.6) is 0 Å². The monoisotopic (exact) mass is 271 g/mol. The van der Waals surface area contributed by atoms with E-state index in [1.54, 1.807) is 24.3 Å². The lowest BCUT2D eigenvalue weighted by Crippen LogP contribution is -2.31. The van der Waals surface area contributed by atoms with Gasteiger partial charge in [0.2, 0.25) is 10.0 Å². The SMILES string of the molecule is O=S(=O)(NCC1CCSCC1)c1ccccc1. The van der Waals surface area contributed by atoms with Crippen molar-refractivity contribution in [2.45, 2.75) is 17.7 Å². The third-order valence-electron chi connectivity index (χ3n) is 2.96. The number of hydrogen-bond acceptors (Lipinski definition) is 3. The lowest BCUT2D eigenvalue weighted by Gasteiger charge is -2.21. The normalized spacial score (nSPS) is 18.1. The minimum absolute atomic E-state index is 0.352. The van der Waals surface area contributed by atoms with Crippen LogP contribution in [-0.4, -0.2) is 26.5 Å². The van der Waals surface area contributed by atoms with Gasteiger partial charge in [-0.1, -0.05) is 18.2 Å². The highest BCUT2D eigenvalue weighted by molar-refractivity contribution is 7.99. The molecular formula is C12H17NO2S2. The van der Waals surface area contributed by atoms with Gasteiger partial charge in [0.25, 0.3) is 0 Å². The number of nitrogens with one attached hydrogen (secondary N) is 1. The summed E-state index contributed by atoms with van der Waals surface area (Å²) >= 11 is 1.95. The van der Waals surface area contributed by atoms with Gasteiger partial charge in [-0.3, -0.25) is 0 Å². The molecule has 0 aromatic heterocycles. The van der Waals surface area contributed by atoms with Crippen LogP contribution in [0.1, 0.15) is 12.8 Å². The van der Waals surface area contributed by atoms with Gasteiger partial charge in [-0.15, -0.1) is 0 Å². The molecule has 0 aliphatic carbocycles. The van der Waals surface area contributed by atoms with Gasteiger partial charge >= 0.3 is 0 Å². The first kappa shape index (κ1) is 12.9. The van der Waals surface area contributed by atoms with E-state index in [9.17, 15) is 8.42 Å². The fourth-order valence-corrected chi connectivity index (χ4v) is 4.20. The van der Waals surface area contributed by atoms with Crippen molar-refractivity contribution in [1.82, 2.24) is 4.72 Å². The topological polar surface area (TPSA) is 46.2 Å². The summed E-state index contributed by atoms with van der Waals surface area (Å²) in [4.78, 5) is 0.352. The van der Waals surface area contributed by atoms with E-state index < -0.39 is 10.0 Å². The molecule has 0 unspecified atom stereocenters. The van der Waals surface area contributed by atoms with Gasteiger partial charge in [0.05, 0.1) is 4.90 Å². The zero-order valence-corrected chi connectivity index (χ0v) is 11.3. The molecule has 1 aromatic carbocycles. The Balaban J connectivity index is 1.94. The molecule has 0 spiro atoms. The van der Waals surface area contributed by atoms with Crippen molar-refractivity contribution >= 4 is 21.8 Å². The second-order valence-corrected chi connectivity index (χ2v) is 7.21. The second kappa shape index (κ2) is 5.89. The Kier molecular flexibility index (Phi) is 4.48. The third-order valence-corrected chi connectivity index (χ3v) is 5.44. The zero-order chi connectivity index (χ0) is 12.1. The fraction of sp³-hybridized carbons (Fsp3) is 0.500. The van der Waals surface area contributed by atoms with Gasteiger partial charge < -0.3 is 0 Å². The Labute approximate surface area is 107 Å². The number of sulfonamides is 1. The average molecular weight is 271 g/mol. The molecule has 0 amide bonds. The molecule has 1 aromatic rings. The first-order chi connectivity index (χ1) is 8.18. The van der Waals surface area contributed by atoms with Crippen molar-refractivity contribution in [2.24, 2.45) is 5.92 Å². The Hall–Kier alpha value is -0.520. The van der Waals surface area contributed by atoms with Crippen LogP contribution in [0.4, 0.5) is 0 Å². The van der Waals surface area contributed by atoms with E-state index in [0.717, 1.165) is 24.3 Å². The van der Waals surface area contributed by atoms with Crippen molar-refractivity contribution in [3.8, 4) is 0 Å². The molecule has 1 N–H and O–H groups in total. The van der Waals surface area contributed by atoms with Crippen LogP contribution >= 0.6 is 11.8 Å². The van der Waals surface area contributed by atoms with E-state index in [-0.39, 0.29) is 0 Å². The maximum Gasteiger partial charge on any atom is 0.240 e. The standard InChI is InChI=1S/C12H17NO2S2/c14-17(15,12-4-2-1-3-5-12)13-10-11-6-8-16-9-7-11/h1-5,11,13H,6-10H2. The summed E-state index contributed by atoms with van der Waals surface area (Å²) in [6.07, 6.45) is 2.23. The number of hydrogen-bond donors (Lipinski definition) is 1. The van der Waals surface area contributed by atoms with Crippen molar-refractivity contribution in [2.75, 3.05) is 18.1 Å². The molecule has 0 radical (unpaired) electrons. The van der Waals surface area contributed by atoms with Crippen molar-refractivity contribution in [3.05, 3.63) is 30.3 Å². The van der Waals surface area contributed by atoms with Gasteiger partial charge in [-0.25, -0.2) is 13.1 Å². The quantitative estimate of drug-likeness (QED) is 0.912. The van der Waals surface area contributed by atoms with Crippen LogP contribution in [-0.2, 0) is 10.0 Å². The molecular weight excluding hydrogens is 254 g/mol. The molecule has 0 bridgehead atoms. The Bertz CT molecular complexity index is 439. The van der Waals surface area contributed by atoms with Crippen molar-refractivity contribution in [1.29, 1.82) is 0 Å². The Morgan fingerprint density at radius 3 is 2.47 bits per heavy atom. The van der Waals surface area contributed by atoms with Crippen LogP contribution in [0.25, 0.3) is 0 Å². The summed E-state index contributed by atoms with van der Waals surface area (Å²) in [6, 6.07) is 8.55. The average Bonchev–Trinajstić information content (AvgIpc) is 2.39. The van der Waals surface area contributed by atoms with Crippen LogP contribution in [0, 0.1) is 5.92 Å². The molecule has 1 saturated heterocycles. The van der Waals surface area contributed by atoms with E-state index in [1.807, 2.05) is 17.8 Å². The van der Waals surface area contributed by atoms with Gasteiger partial charge in [0, 0.05) is 6.54 Å². The molecule has 2 rings (SSSR count). The molecule has 1 aliphatic rings. The van der Waals surface area contributed by atoms with Crippen LogP contribution in [0.15, 0.2) is 35.2 Å². The predicted molar refractivity (Wildman–Crippen MR) is 71.7 cm³/mol.